The number of rotatable bonds is 5. The van der Waals surface area contributed by atoms with E-state index in [1.165, 1.54) is 0 Å². The lowest BCUT2D eigenvalue weighted by atomic mass is 10.1. The van der Waals surface area contributed by atoms with Gasteiger partial charge in [-0.3, -0.25) is 9.79 Å². The maximum absolute atomic E-state index is 12.2. The highest BCUT2D eigenvalue weighted by Crippen LogP contribution is 2.31. The number of nitrogens with one attached hydrogen (secondary N) is 2. The minimum Gasteiger partial charge on any atom is -0.482 e. The van der Waals surface area contributed by atoms with Gasteiger partial charge >= 0.3 is 0 Å². The number of hydrogen-bond donors (Lipinski definition) is 2. The van der Waals surface area contributed by atoms with E-state index < -0.39 is 0 Å². The Balaban J connectivity index is 1.25. The zero-order valence-corrected chi connectivity index (χ0v) is 16.0. The molecule has 1 aromatic carbocycles. The molecule has 1 aromatic heterocycles. The van der Waals surface area contributed by atoms with Gasteiger partial charge < -0.3 is 20.3 Å². The first-order chi connectivity index (χ1) is 13.7. The molecule has 1 amide bonds. The van der Waals surface area contributed by atoms with Crippen molar-refractivity contribution < 1.29 is 9.53 Å². The summed E-state index contributed by atoms with van der Waals surface area (Å²) < 4.78 is 7.42. The van der Waals surface area contributed by atoms with Crippen LogP contribution in [-0.4, -0.2) is 59.4 Å². The van der Waals surface area contributed by atoms with Crippen LogP contribution in [0.1, 0.15) is 18.7 Å². The second-order valence-electron chi connectivity index (χ2n) is 6.89. The van der Waals surface area contributed by atoms with Gasteiger partial charge in [0.2, 0.25) is 0 Å². The second kappa shape index (κ2) is 8.28. The van der Waals surface area contributed by atoms with Gasteiger partial charge in [-0.05, 0) is 25.0 Å². The van der Waals surface area contributed by atoms with E-state index in [1.807, 2.05) is 28.9 Å². The molecule has 9 nitrogen and oxygen atoms in total. The van der Waals surface area contributed by atoms with E-state index in [9.17, 15) is 4.79 Å². The zero-order valence-electron chi connectivity index (χ0n) is 16.0. The average Bonchev–Trinajstić information content (AvgIpc) is 3.19. The molecule has 0 saturated carbocycles. The van der Waals surface area contributed by atoms with Crippen LogP contribution < -0.4 is 20.3 Å². The Morgan fingerprint density at radius 1 is 1.39 bits per heavy atom. The van der Waals surface area contributed by atoms with Crippen molar-refractivity contribution in [3.05, 3.63) is 36.4 Å². The van der Waals surface area contributed by atoms with Gasteiger partial charge in [-0.2, -0.15) is 5.10 Å². The van der Waals surface area contributed by atoms with Crippen LogP contribution in [0.4, 0.5) is 5.69 Å². The predicted molar refractivity (Wildman–Crippen MR) is 106 cm³/mol. The third kappa shape index (κ3) is 3.92. The molecule has 9 heteroatoms. The van der Waals surface area contributed by atoms with Crippen LogP contribution in [0.15, 0.2) is 35.6 Å². The quantitative estimate of drug-likeness (QED) is 0.445. The van der Waals surface area contributed by atoms with Crippen LogP contribution in [0.3, 0.4) is 0 Å². The molecule has 1 unspecified atom stereocenters. The summed E-state index contributed by atoms with van der Waals surface area (Å²) in [4.78, 5) is 22.6. The fraction of sp³-hybridized carbons (Fsp3) is 0.474. The monoisotopic (exact) mass is 383 g/mol. The van der Waals surface area contributed by atoms with Crippen LogP contribution in [0.25, 0.3) is 0 Å². The highest BCUT2D eigenvalue weighted by Gasteiger charge is 2.24. The zero-order chi connectivity index (χ0) is 19.3. The van der Waals surface area contributed by atoms with Crippen molar-refractivity contribution in [3.8, 4) is 5.75 Å². The van der Waals surface area contributed by atoms with Gasteiger partial charge in [0.05, 0.1) is 12.2 Å². The normalized spacial score (nSPS) is 18.9. The molecule has 0 fully saturated rings. The van der Waals surface area contributed by atoms with Crippen molar-refractivity contribution in [1.29, 1.82) is 0 Å². The molecule has 2 N–H and O–H groups in total. The van der Waals surface area contributed by atoms with Crippen molar-refractivity contribution in [1.82, 2.24) is 25.4 Å². The summed E-state index contributed by atoms with van der Waals surface area (Å²) in [5.41, 5.74) is 0.840. The first kappa shape index (κ1) is 18.3. The lowest BCUT2D eigenvalue weighted by Gasteiger charge is -2.29. The molecule has 3 heterocycles. The highest BCUT2D eigenvalue weighted by molar-refractivity contribution is 5.97. The third-order valence-electron chi connectivity index (χ3n) is 5.03. The molecular formula is C19H25N7O2. The molecule has 148 valence electrons. The number of anilines is 1. The minimum atomic E-state index is -0.00736. The van der Waals surface area contributed by atoms with E-state index in [0.29, 0.717) is 13.1 Å². The molecule has 2 aromatic rings. The summed E-state index contributed by atoms with van der Waals surface area (Å²) in [6.07, 6.45) is 4.32. The van der Waals surface area contributed by atoms with Crippen LogP contribution >= 0.6 is 0 Å². The minimum absolute atomic E-state index is 0.00736. The SMILES string of the molecule is CN=C(NCCCN1C(=O)COc2ccccc21)NC1CCc2ncnn2C1. The Bertz CT molecular complexity index is 863. The fourth-order valence-corrected chi connectivity index (χ4v) is 3.59. The number of carbonyl (C=O) groups excluding carboxylic acids is 1. The summed E-state index contributed by atoms with van der Waals surface area (Å²) in [5.74, 6) is 2.56. The van der Waals surface area contributed by atoms with Crippen LogP contribution in [-0.2, 0) is 17.8 Å². The number of benzene rings is 1. The number of fused-ring (bicyclic) bond motifs is 2. The smallest absolute Gasteiger partial charge is 0.265 e. The van der Waals surface area contributed by atoms with Crippen molar-refractivity contribution in [3.63, 3.8) is 0 Å². The molecule has 2 aliphatic rings. The van der Waals surface area contributed by atoms with Crippen molar-refractivity contribution in [2.24, 2.45) is 4.99 Å². The van der Waals surface area contributed by atoms with Gasteiger partial charge in [0.15, 0.2) is 12.6 Å². The number of para-hydroxylation sites is 2. The molecular weight excluding hydrogens is 358 g/mol. The van der Waals surface area contributed by atoms with Gasteiger partial charge in [0.1, 0.15) is 17.9 Å². The van der Waals surface area contributed by atoms with Gasteiger partial charge in [-0.1, -0.05) is 12.1 Å². The van der Waals surface area contributed by atoms with Crippen LogP contribution in [0, 0.1) is 0 Å². The predicted octanol–water partition coefficient (Wildman–Crippen LogP) is 0.574. The number of amides is 1. The standard InChI is InChI=1S/C19H25N7O2/c1-20-19(24-14-7-8-17-22-13-23-26(17)11-14)21-9-4-10-25-15-5-2-3-6-16(15)28-12-18(25)27/h2-3,5-6,13-14H,4,7-12H2,1H3,(H2,20,21,24). The van der Waals surface area contributed by atoms with Gasteiger partial charge in [0.25, 0.3) is 5.91 Å². The average molecular weight is 383 g/mol. The molecule has 4 rings (SSSR count). The molecule has 0 bridgehead atoms. The molecule has 1 atom stereocenters. The Kier molecular flexibility index (Phi) is 5.41. The number of ether oxygens (including phenoxy) is 1. The highest BCUT2D eigenvalue weighted by atomic mass is 16.5. The first-order valence-corrected chi connectivity index (χ1v) is 9.60. The molecule has 0 radical (unpaired) electrons. The van der Waals surface area contributed by atoms with Gasteiger partial charge in [-0.15, -0.1) is 0 Å². The maximum atomic E-state index is 12.2. The summed E-state index contributed by atoms with van der Waals surface area (Å²) >= 11 is 0. The lowest BCUT2D eigenvalue weighted by Crippen LogP contribution is -2.47. The summed E-state index contributed by atoms with van der Waals surface area (Å²) in [6.45, 7) is 2.23. The van der Waals surface area contributed by atoms with Gasteiger partial charge in [-0.25, -0.2) is 9.67 Å². The van der Waals surface area contributed by atoms with Crippen molar-refractivity contribution >= 4 is 17.6 Å². The Labute approximate surface area is 163 Å². The number of aliphatic imine (C=N–C) groups is 1. The number of nitrogens with zero attached hydrogens (tertiary/aromatic N) is 5. The number of carbonyl (C=O) groups is 1. The summed E-state index contributed by atoms with van der Waals surface area (Å²) in [6, 6.07) is 7.92. The number of aromatic nitrogens is 3. The number of guanidine groups is 1. The Hall–Kier alpha value is -3.10. The molecule has 0 saturated heterocycles. The molecule has 2 aliphatic heterocycles. The van der Waals surface area contributed by atoms with Crippen LogP contribution in [0.5, 0.6) is 5.75 Å². The van der Waals surface area contributed by atoms with Gasteiger partial charge in [0, 0.05) is 32.6 Å². The van der Waals surface area contributed by atoms with Crippen molar-refractivity contribution in [2.45, 2.75) is 31.8 Å². The van der Waals surface area contributed by atoms with E-state index >= 15 is 0 Å². The first-order valence-electron chi connectivity index (χ1n) is 9.60. The maximum Gasteiger partial charge on any atom is 0.265 e. The summed E-state index contributed by atoms with van der Waals surface area (Å²) in [7, 11) is 1.76. The fourth-order valence-electron chi connectivity index (χ4n) is 3.59. The Morgan fingerprint density at radius 2 is 2.29 bits per heavy atom. The number of aryl methyl sites for hydroxylation is 1. The van der Waals surface area contributed by atoms with E-state index in [2.05, 4.69) is 25.7 Å². The van der Waals surface area contributed by atoms with E-state index in [1.54, 1.807) is 18.3 Å². The van der Waals surface area contributed by atoms with E-state index in [-0.39, 0.29) is 18.6 Å². The molecule has 0 spiro atoms. The van der Waals surface area contributed by atoms with E-state index in [0.717, 1.165) is 49.0 Å². The number of hydrogen-bond acceptors (Lipinski definition) is 5. The second-order valence-corrected chi connectivity index (χ2v) is 6.89. The Morgan fingerprint density at radius 3 is 3.18 bits per heavy atom. The van der Waals surface area contributed by atoms with Crippen LogP contribution in [0.2, 0.25) is 0 Å². The van der Waals surface area contributed by atoms with Crippen molar-refractivity contribution in [2.75, 3.05) is 31.6 Å². The third-order valence-corrected chi connectivity index (χ3v) is 5.03. The lowest BCUT2D eigenvalue weighted by molar-refractivity contribution is -0.121. The molecule has 28 heavy (non-hydrogen) atoms. The topological polar surface area (TPSA) is 96.7 Å². The van der Waals surface area contributed by atoms with E-state index in [4.69, 9.17) is 4.74 Å². The molecule has 0 aliphatic carbocycles. The summed E-state index contributed by atoms with van der Waals surface area (Å²) in [5, 5.41) is 11.0. The largest absolute Gasteiger partial charge is 0.482 e.